The zero-order valence-electron chi connectivity index (χ0n) is 14.2. The number of hydrogen-bond donors (Lipinski definition) is 0. The molecule has 1 aliphatic heterocycles. The van der Waals surface area contributed by atoms with Crippen LogP contribution in [0.2, 0.25) is 0 Å². The molecule has 0 aliphatic carbocycles. The van der Waals surface area contributed by atoms with E-state index in [0.29, 0.717) is 13.2 Å². The van der Waals surface area contributed by atoms with Crippen molar-refractivity contribution in [2.75, 3.05) is 20.3 Å². The maximum absolute atomic E-state index is 5.77. The number of aryl methyl sites for hydroxylation is 2. The highest BCUT2D eigenvalue weighted by Gasteiger charge is 2.24. The highest BCUT2D eigenvalue weighted by Crippen LogP contribution is 2.35. The van der Waals surface area contributed by atoms with Crippen LogP contribution in [0.25, 0.3) is 16.6 Å². The molecule has 1 aliphatic rings. The second kappa shape index (κ2) is 5.96. The average Bonchev–Trinajstić information content (AvgIpc) is 3.21. The van der Waals surface area contributed by atoms with E-state index in [4.69, 9.17) is 14.2 Å². The predicted molar refractivity (Wildman–Crippen MR) is 93.9 cm³/mol. The van der Waals surface area contributed by atoms with Crippen molar-refractivity contribution in [3.05, 3.63) is 59.3 Å². The Kier molecular flexibility index (Phi) is 3.79. The summed E-state index contributed by atoms with van der Waals surface area (Å²) in [5.41, 5.74) is 5.68. The number of methoxy groups -OCH3 is 1. The van der Waals surface area contributed by atoms with Crippen LogP contribution in [-0.4, -0.2) is 24.9 Å². The van der Waals surface area contributed by atoms with Gasteiger partial charge in [-0.2, -0.15) is 0 Å². The van der Waals surface area contributed by atoms with Gasteiger partial charge in [0, 0.05) is 22.7 Å². The summed E-state index contributed by atoms with van der Waals surface area (Å²) in [4.78, 5) is 0. The van der Waals surface area contributed by atoms with E-state index in [1.54, 1.807) is 7.11 Å². The SMILES string of the molecule is COc1ccc2cc(C)n(-c3c(C)cccc3C3OCCO3)c2c1. The number of para-hydroxylation sites is 1. The van der Waals surface area contributed by atoms with Crippen LogP contribution in [0, 0.1) is 13.8 Å². The number of fused-ring (bicyclic) bond motifs is 1. The molecular formula is C20H21NO3. The van der Waals surface area contributed by atoms with Gasteiger partial charge in [-0.25, -0.2) is 0 Å². The first kappa shape index (κ1) is 15.2. The molecule has 0 spiro atoms. The number of hydrogen-bond acceptors (Lipinski definition) is 3. The minimum atomic E-state index is -0.303. The van der Waals surface area contributed by atoms with Gasteiger partial charge in [-0.1, -0.05) is 18.2 Å². The highest BCUT2D eigenvalue weighted by molar-refractivity contribution is 5.85. The summed E-state index contributed by atoms with van der Waals surface area (Å²) < 4.78 is 19.2. The summed E-state index contributed by atoms with van der Waals surface area (Å²) in [5, 5.41) is 1.19. The van der Waals surface area contributed by atoms with Crippen molar-refractivity contribution in [2.24, 2.45) is 0 Å². The number of rotatable bonds is 3. The normalized spacial score (nSPS) is 15.3. The van der Waals surface area contributed by atoms with Crippen LogP contribution in [0.5, 0.6) is 5.75 Å². The Labute approximate surface area is 141 Å². The highest BCUT2D eigenvalue weighted by atomic mass is 16.7. The van der Waals surface area contributed by atoms with Crippen LogP contribution >= 0.6 is 0 Å². The molecule has 24 heavy (non-hydrogen) atoms. The second-order valence-electron chi connectivity index (χ2n) is 6.13. The number of nitrogens with zero attached hydrogens (tertiary/aromatic N) is 1. The van der Waals surface area contributed by atoms with Gasteiger partial charge in [0.15, 0.2) is 6.29 Å². The zero-order chi connectivity index (χ0) is 16.7. The molecule has 4 rings (SSSR count). The Balaban J connectivity index is 1.99. The summed E-state index contributed by atoms with van der Waals surface area (Å²) in [5.74, 6) is 0.852. The molecule has 4 nitrogen and oxygen atoms in total. The topological polar surface area (TPSA) is 32.6 Å². The van der Waals surface area contributed by atoms with Gasteiger partial charge in [0.25, 0.3) is 0 Å². The zero-order valence-corrected chi connectivity index (χ0v) is 14.2. The lowest BCUT2D eigenvalue weighted by Crippen LogP contribution is -2.08. The second-order valence-corrected chi connectivity index (χ2v) is 6.13. The van der Waals surface area contributed by atoms with Crippen molar-refractivity contribution < 1.29 is 14.2 Å². The van der Waals surface area contributed by atoms with Crippen molar-refractivity contribution in [1.82, 2.24) is 4.57 Å². The van der Waals surface area contributed by atoms with E-state index in [0.717, 1.165) is 22.5 Å². The Bertz CT molecular complexity index is 891. The minimum Gasteiger partial charge on any atom is -0.497 e. The minimum absolute atomic E-state index is 0.303. The van der Waals surface area contributed by atoms with Crippen molar-refractivity contribution in [3.8, 4) is 11.4 Å². The Morgan fingerprint density at radius 1 is 1.04 bits per heavy atom. The third-order valence-corrected chi connectivity index (χ3v) is 4.56. The first-order valence-electron chi connectivity index (χ1n) is 8.18. The van der Waals surface area contributed by atoms with Gasteiger partial charge in [0.1, 0.15) is 5.75 Å². The smallest absolute Gasteiger partial charge is 0.186 e. The molecule has 2 heterocycles. The van der Waals surface area contributed by atoms with Crippen LogP contribution in [0.3, 0.4) is 0 Å². The molecular weight excluding hydrogens is 302 g/mol. The molecule has 0 unspecified atom stereocenters. The Morgan fingerprint density at radius 3 is 2.58 bits per heavy atom. The molecule has 1 saturated heterocycles. The van der Waals surface area contributed by atoms with Crippen LogP contribution < -0.4 is 4.74 Å². The molecule has 0 N–H and O–H groups in total. The molecule has 1 fully saturated rings. The van der Waals surface area contributed by atoms with E-state index < -0.39 is 0 Å². The van der Waals surface area contributed by atoms with Gasteiger partial charge >= 0.3 is 0 Å². The summed E-state index contributed by atoms with van der Waals surface area (Å²) in [7, 11) is 1.70. The fourth-order valence-electron chi connectivity index (χ4n) is 3.46. The predicted octanol–water partition coefficient (Wildman–Crippen LogP) is 4.30. The molecule has 0 bridgehead atoms. The summed E-state index contributed by atoms with van der Waals surface area (Å²) in [6, 6.07) is 14.6. The monoisotopic (exact) mass is 323 g/mol. The fourth-order valence-corrected chi connectivity index (χ4v) is 3.46. The quantitative estimate of drug-likeness (QED) is 0.720. The molecule has 1 aromatic heterocycles. The molecule has 2 aromatic carbocycles. The largest absolute Gasteiger partial charge is 0.497 e. The molecule has 3 aromatic rings. The lowest BCUT2D eigenvalue weighted by Gasteiger charge is -2.20. The van der Waals surface area contributed by atoms with Gasteiger partial charge < -0.3 is 18.8 Å². The Morgan fingerprint density at radius 2 is 1.83 bits per heavy atom. The fraction of sp³-hybridized carbons (Fsp3) is 0.300. The van der Waals surface area contributed by atoms with E-state index in [2.05, 4.69) is 54.8 Å². The molecule has 0 radical (unpaired) electrons. The van der Waals surface area contributed by atoms with Crippen molar-refractivity contribution in [3.63, 3.8) is 0 Å². The van der Waals surface area contributed by atoms with E-state index in [1.807, 2.05) is 6.07 Å². The number of benzene rings is 2. The van der Waals surface area contributed by atoms with Crippen LogP contribution in [0.1, 0.15) is 23.1 Å². The van der Waals surface area contributed by atoms with Gasteiger partial charge in [-0.15, -0.1) is 0 Å². The lowest BCUT2D eigenvalue weighted by atomic mass is 10.1. The molecule has 4 heteroatoms. The molecule has 124 valence electrons. The maximum Gasteiger partial charge on any atom is 0.186 e. The lowest BCUT2D eigenvalue weighted by molar-refractivity contribution is -0.0441. The molecule has 0 amide bonds. The Hall–Kier alpha value is -2.30. The van der Waals surface area contributed by atoms with Gasteiger partial charge in [-0.05, 0) is 37.6 Å². The third-order valence-electron chi connectivity index (χ3n) is 4.56. The first-order valence-corrected chi connectivity index (χ1v) is 8.18. The van der Waals surface area contributed by atoms with Crippen LogP contribution in [-0.2, 0) is 9.47 Å². The van der Waals surface area contributed by atoms with E-state index in [9.17, 15) is 0 Å². The third kappa shape index (κ3) is 2.39. The van der Waals surface area contributed by atoms with E-state index in [1.165, 1.54) is 16.6 Å². The van der Waals surface area contributed by atoms with Crippen LogP contribution in [0.15, 0.2) is 42.5 Å². The van der Waals surface area contributed by atoms with Gasteiger partial charge in [-0.3, -0.25) is 0 Å². The standard InChI is InChI=1S/C20H21NO3/c1-13-5-4-6-17(20-23-9-10-24-20)19(13)21-14(2)11-15-7-8-16(22-3)12-18(15)21/h4-8,11-12,20H,9-10H2,1-3H3. The molecule has 0 atom stereocenters. The molecule has 0 saturated carbocycles. The maximum atomic E-state index is 5.77. The van der Waals surface area contributed by atoms with E-state index >= 15 is 0 Å². The van der Waals surface area contributed by atoms with Crippen molar-refractivity contribution in [2.45, 2.75) is 20.1 Å². The summed E-state index contributed by atoms with van der Waals surface area (Å²) in [6.07, 6.45) is -0.303. The summed E-state index contributed by atoms with van der Waals surface area (Å²) in [6.45, 7) is 5.52. The van der Waals surface area contributed by atoms with Gasteiger partial charge in [0.05, 0.1) is 31.5 Å². The van der Waals surface area contributed by atoms with Crippen molar-refractivity contribution in [1.29, 1.82) is 0 Å². The van der Waals surface area contributed by atoms with Gasteiger partial charge in [0.2, 0.25) is 0 Å². The number of ether oxygens (including phenoxy) is 3. The van der Waals surface area contributed by atoms with Crippen molar-refractivity contribution >= 4 is 10.9 Å². The first-order chi connectivity index (χ1) is 11.7. The number of aromatic nitrogens is 1. The van der Waals surface area contributed by atoms with E-state index in [-0.39, 0.29) is 6.29 Å². The summed E-state index contributed by atoms with van der Waals surface area (Å²) >= 11 is 0. The van der Waals surface area contributed by atoms with Crippen LogP contribution in [0.4, 0.5) is 0 Å². The average molecular weight is 323 g/mol.